The van der Waals surface area contributed by atoms with Gasteiger partial charge in [-0.15, -0.1) is 0 Å². The van der Waals surface area contributed by atoms with E-state index in [4.69, 9.17) is 9.47 Å². The van der Waals surface area contributed by atoms with Gasteiger partial charge in [0.15, 0.2) is 0 Å². The molecule has 0 spiro atoms. The zero-order chi connectivity index (χ0) is 33.7. The number of halogens is 4. The van der Waals surface area contributed by atoms with Crippen LogP contribution in [-0.2, 0) is 15.0 Å². The van der Waals surface area contributed by atoms with Crippen LogP contribution in [0, 0.1) is 5.92 Å². The second-order valence-corrected chi connectivity index (χ2v) is 13.0. The van der Waals surface area contributed by atoms with Gasteiger partial charge in [-0.2, -0.15) is 0 Å². The highest BCUT2D eigenvalue weighted by molar-refractivity contribution is 9.11. The molecule has 0 atom stereocenters. The van der Waals surface area contributed by atoms with Crippen LogP contribution in [0.4, 0.5) is 0 Å². The second-order valence-electron chi connectivity index (χ2n) is 9.62. The van der Waals surface area contributed by atoms with Gasteiger partial charge in [0.25, 0.3) is 0 Å². The molecule has 0 aliphatic rings. The van der Waals surface area contributed by atoms with Gasteiger partial charge in [0.2, 0.25) is 0 Å². The van der Waals surface area contributed by atoms with Gasteiger partial charge in [-0.3, -0.25) is 9.98 Å². The Morgan fingerprint density at radius 1 is 0.756 bits per heavy atom. The molecule has 2 aromatic carbocycles. The summed E-state index contributed by atoms with van der Waals surface area (Å²) in [5.41, 5.74) is 0.332. The fraction of sp³-hybridized carbons (Fsp3) is 0.355. The summed E-state index contributed by atoms with van der Waals surface area (Å²) in [5, 5.41) is 38.2. The van der Waals surface area contributed by atoms with E-state index in [0.29, 0.717) is 29.4 Å². The van der Waals surface area contributed by atoms with E-state index in [1.807, 2.05) is 31.2 Å². The summed E-state index contributed by atoms with van der Waals surface area (Å²) >= 11 is 14.4. The molecule has 0 aliphatic heterocycles. The first-order valence-electron chi connectivity index (χ1n) is 13.7. The van der Waals surface area contributed by atoms with Crippen LogP contribution >= 0.6 is 63.7 Å². The molecule has 244 valence electrons. The number of rotatable bonds is 17. The van der Waals surface area contributed by atoms with Crippen LogP contribution in [0.1, 0.15) is 44.7 Å². The Bertz CT molecular complexity index is 1340. The first-order valence-corrected chi connectivity index (χ1v) is 16.8. The van der Waals surface area contributed by atoms with Crippen LogP contribution < -0.4 is 9.47 Å². The van der Waals surface area contributed by atoms with E-state index in [0.717, 1.165) is 11.1 Å². The average Bonchev–Trinajstić information content (AvgIpc) is 2.98. The summed E-state index contributed by atoms with van der Waals surface area (Å²) < 4.78 is 13.9. The summed E-state index contributed by atoms with van der Waals surface area (Å²) in [6, 6.07) is 7.50. The number of hydrogen-bond donors (Lipinski definition) is 4. The Morgan fingerprint density at radius 3 is 1.36 bits per heavy atom. The zero-order valence-electron chi connectivity index (χ0n) is 24.8. The molecule has 0 bridgehead atoms. The van der Waals surface area contributed by atoms with E-state index in [9.17, 15) is 30.0 Å². The Morgan fingerprint density at radius 2 is 1.09 bits per heavy atom. The van der Waals surface area contributed by atoms with E-state index in [1.54, 1.807) is 13.8 Å². The third-order valence-corrected chi connectivity index (χ3v) is 9.21. The molecule has 14 heteroatoms. The second kappa shape index (κ2) is 18.7. The lowest BCUT2D eigenvalue weighted by Gasteiger charge is -2.39. The van der Waals surface area contributed by atoms with Crippen molar-refractivity contribution in [3.63, 3.8) is 0 Å². The molecular formula is C31H34Br4N2O8. The lowest BCUT2D eigenvalue weighted by molar-refractivity contribution is -0.133. The number of aliphatic hydroxyl groups excluding tert-OH is 2. The van der Waals surface area contributed by atoms with Crippen molar-refractivity contribution >= 4 is 88.1 Å². The maximum absolute atomic E-state index is 12.0. The van der Waals surface area contributed by atoms with Gasteiger partial charge in [-0.05, 0) is 132 Å². The Kier molecular flexibility index (Phi) is 16.1. The molecule has 2 rings (SSSR count). The highest BCUT2D eigenvalue weighted by Gasteiger charge is 2.39. The van der Waals surface area contributed by atoms with Crippen molar-refractivity contribution in [3.8, 4) is 11.5 Å². The van der Waals surface area contributed by atoms with Gasteiger partial charge in [-0.25, -0.2) is 9.59 Å². The smallest absolute Gasteiger partial charge is 0.354 e. The van der Waals surface area contributed by atoms with Gasteiger partial charge in [0.05, 0.1) is 31.1 Å². The number of carboxylic acid groups (broad SMARTS) is 2. The summed E-state index contributed by atoms with van der Waals surface area (Å²) in [7, 11) is 0. The molecule has 0 fully saturated rings. The first kappa shape index (κ1) is 38.8. The topological polar surface area (TPSA) is 158 Å². The minimum Gasteiger partial charge on any atom is -0.489 e. The number of hydrogen-bond acceptors (Lipinski definition) is 8. The minimum atomic E-state index is -1.20. The quantitative estimate of drug-likeness (QED) is 0.0953. The third kappa shape index (κ3) is 10.3. The molecule has 0 saturated carbocycles. The van der Waals surface area contributed by atoms with E-state index in [-0.39, 0.29) is 50.7 Å². The van der Waals surface area contributed by atoms with Gasteiger partial charge in [0, 0.05) is 17.8 Å². The van der Waals surface area contributed by atoms with E-state index >= 15 is 0 Å². The Balaban J connectivity index is 2.98. The summed E-state index contributed by atoms with van der Waals surface area (Å²) in [4.78, 5) is 32.0. The lowest BCUT2D eigenvalue weighted by Crippen LogP contribution is -2.34. The zero-order valence-corrected chi connectivity index (χ0v) is 31.1. The average molecular weight is 882 g/mol. The largest absolute Gasteiger partial charge is 0.489 e. The highest BCUT2D eigenvalue weighted by Crippen LogP contribution is 2.49. The molecule has 0 saturated heterocycles. The molecule has 10 nitrogen and oxygen atoms in total. The number of benzene rings is 2. The fourth-order valence-corrected chi connectivity index (χ4v) is 7.50. The molecular weight excluding hydrogens is 848 g/mol. The molecule has 2 aromatic rings. The van der Waals surface area contributed by atoms with Crippen molar-refractivity contribution < 1.29 is 39.5 Å². The third-order valence-electron chi connectivity index (χ3n) is 6.85. The minimum absolute atomic E-state index is 0.0764. The molecule has 0 aromatic heterocycles. The SMILES string of the molecule is CC=NC(=CCC(CC=C(N=CC)C(=O)O)C(C)(c1cc(Br)c(OCCO)c(Br)c1)c1cc(Br)c(OCCO)c(Br)c1)C(=O)O. The fourth-order valence-electron chi connectivity index (χ4n) is 4.67. The monoisotopic (exact) mass is 878 g/mol. The van der Waals surface area contributed by atoms with Gasteiger partial charge in [-0.1, -0.05) is 19.1 Å². The van der Waals surface area contributed by atoms with Crippen LogP contribution in [0.2, 0.25) is 0 Å². The van der Waals surface area contributed by atoms with Crippen LogP contribution in [0.25, 0.3) is 0 Å². The Hall–Kier alpha value is -2.36. The van der Waals surface area contributed by atoms with Crippen molar-refractivity contribution in [1.82, 2.24) is 0 Å². The lowest BCUT2D eigenvalue weighted by atomic mass is 9.64. The highest BCUT2D eigenvalue weighted by atomic mass is 79.9. The van der Waals surface area contributed by atoms with E-state index in [2.05, 4.69) is 73.7 Å². The number of aliphatic carboxylic acids is 2. The van der Waals surface area contributed by atoms with E-state index in [1.165, 1.54) is 24.6 Å². The van der Waals surface area contributed by atoms with Crippen LogP contribution in [-0.4, -0.2) is 71.2 Å². The van der Waals surface area contributed by atoms with Gasteiger partial charge >= 0.3 is 11.9 Å². The summed E-state index contributed by atoms with van der Waals surface area (Å²) in [5.74, 6) is -1.88. The molecule has 0 radical (unpaired) electrons. The predicted octanol–water partition coefficient (Wildman–Crippen LogP) is 7.30. The first-order chi connectivity index (χ1) is 21.3. The summed E-state index contributed by atoms with van der Waals surface area (Å²) in [6.07, 6.45) is 6.20. The molecule has 0 aliphatic carbocycles. The van der Waals surface area contributed by atoms with Crippen molar-refractivity contribution in [2.75, 3.05) is 26.4 Å². The summed E-state index contributed by atoms with van der Waals surface area (Å²) in [6.45, 7) is 5.02. The van der Waals surface area contributed by atoms with Crippen molar-refractivity contribution in [2.45, 2.75) is 39.0 Å². The van der Waals surface area contributed by atoms with Crippen LogP contribution in [0.5, 0.6) is 11.5 Å². The van der Waals surface area contributed by atoms with Crippen molar-refractivity contribution in [2.24, 2.45) is 15.9 Å². The number of allylic oxidation sites excluding steroid dienone is 2. The molecule has 4 N–H and O–H groups in total. The maximum Gasteiger partial charge on any atom is 0.354 e. The molecule has 0 unspecified atom stereocenters. The molecule has 0 heterocycles. The van der Waals surface area contributed by atoms with Gasteiger partial charge < -0.3 is 29.9 Å². The van der Waals surface area contributed by atoms with Crippen molar-refractivity contribution in [3.05, 3.63) is 76.8 Å². The molecule has 0 amide bonds. The Labute approximate surface area is 295 Å². The number of nitrogens with zero attached hydrogens (tertiary/aromatic N) is 2. The van der Waals surface area contributed by atoms with E-state index < -0.39 is 23.3 Å². The van der Waals surface area contributed by atoms with Crippen molar-refractivity contribution in [1.29, 1.82) is 0 Å². The number of carbonyl (C=O) groups is 2. The van der Waals surface area contributed by atoms with Crippen LogP contribution in [0.15, 0.2) is 75.7 Å². The van der Waals surface area contributed by atoms with Gasteiger partial charge in [0.1, 0.15) is 36.1 Å². The number of carboxylic acids is 2. The number of aliphatic imine (C=N–C) groups is 2. The van der Waals surface area contributed by atoms with Crippen LogP contribution in [0.3, 0.4) is 0 Å². The number of ether oxygens (including phenoxy) is 2. The predicted molar refractivity (Wildman–Crippen MR) is 188 cm³/mol. The molecule has 45 heavy (non-hydrogen) atoms. The normalized spacial score (nSPS) is 13.4. The number of aliphatic hydroxyl groups is 2. The maximum atomic E-state index is 12.0. The standard InChI is InChI=1S/C31H34Br4N2O8/c1-4-36-25(29(40)41)8-6-18(7-9-26(30(42)43)37-5-2)31(3,19-14-21(32)27(22(33)15-19)44-12-10-38)20-16-23(34)28(24(35)17-20)45-13-11-39/h4-5,8-9,14-18,38-39H,6-7,10-13H2,1-3H3,(H,40,41)(H,42,43).